The van der Waals surface area contributed by atoms with Gasteiger partial charge < -0.3 is 6.42 Å². The fourth-order valence-corrected chi connectivity index (χ4v) is 2.63. The maximum atomic E-state index is 4.76. The first kappa shape index (κ1) is 14.3. The molecule has 21 heavy (non-hydrogen) atoms. The van der Waals surface area contributed by atoms with Crippen LogP contribution in [-0.2, 0) is 13.6 Å². The third-order valence-corrected chi connectivity index (χ3v) is 4.00. The maximum Gasteiger partial charge on any atom is 0.158 e. The number of aryl methyl sites for hydroxylation is 1. The zero-order chi connectivity index (χ0) is 15.0. The van der Waals surface area contributed by atoms with Gasteiger partial charge in [0, 0.05) is 41.4 Å². The zero-order valence-corrected chi connectivity index (χ0v) is 13.9. The van der Waals surface area contributed by atoms with Gasteiger partial charge in [0.05, 0.1) is 6.20 Å². The van der Waals surface area contributed by atoms with Crippen LogP contribution in [0.2, 0.25) is 0 Å². The summed E-state index contributed by atoms with van der Waals surface area (Å²) in [6.07, 6.45) is 7.80. The highest BCUT2D eigenvalue weighted by molar-refractivity contribution is 9.10. The van der Waals surface area contributed by atoms with Gasteiger partial charge in [-0.1, -0.05) is 6.92 Å². The number of nitrogens with zero attached hydrogens (tertiary/aromatic N) is 5. The van der Waals surface area contributed by atoms with E-state index in [0.29, 0.717) is 5.92 Å². The van der Waals surface area contributed by atoms with Crippen LogP contribution in [0.25, 0.3) is 22.3 Å². The zero-order valence-electron chi connectivity index (χ0n) is 12.3. The summed E-state index contributed by atoms with van der Waals surface area (Å²) in [4.78, 5) is 4.53. The van der Waals surface area contributed by atoms with E-state index in [2.05, 4.69) is 52.3 Å². The van der Waals surface area contributed by atoms with Gasteiger partial charge >= 0.3 is 0 Å². The third kappa shape index (κ3) is 2.72. The highest BCUT2D eigenvalue weighted by Crippen LogP contribution is 2.29. The molecule has 0 aromatic carbocycles. The lowest BCUT2D eigenvalue weighted by Gasteiger charge is -2.16. The van der Waals surface area contributed by atoms with E-state index in [9.17, 15) is 0 Å². The molecule has 0 aliphatic rings. The molecular formula is C15H17BrN5-. The molecule has 0 N–H and O–H groups in total. The van der Waals surface area contributed by atoms with Gasteiger partial charge in [0.25, 0.3) is 0 Å². The number of rotatable bonds is 4. The predicted octanol–water partition coefficient (Wildman–Crippen LogP) is 3.45. The van der Waals surface area contributed by atoms with Crippen LogP contribution in [0.4, 0.5) is 0 Å². The number of pyridine rings is 1. The summed E-state index contributed by atoms with van der Waals surface area (Å²) in [6.45, 7) is 5.07. The summed E-state index contributed by atoms with van der Waals surface area (Å²) in [5.41, 5.74) is 2.84. The Morgan fingerprint density at radius 1 is 1.38 bits per heavy atom. The molecule has 3 rings (SSSR count). The normalized spacial score (nSPS) is 13.0. The first-order chi connectivity index (χ1) is 10.1. The monoisotopic (exact) mass is 346 g/mol. The van der Waals surface area contributed by atoms with Crippen molar-refractivity contribution in [1.29, 1.82) is 0 Å². The van der Waals surface area contributed by atoms with Crippen LogP contribution >= 0.6 is 15.9 Å². The Balaban J connectivity index is 2.17. The van der Waals surface area contributed by atoms with Crippen molar-refractivity contribution >= 4 is 27.0 Å². The Morgan fingerprint density at radius 3 is 2.86 bits per heavy atom. The van der Waals surface area contributed by atoms with Crippen molar-refractivity contribution in [3.63, 3.8) is 0 Å². The van der Waals surface area contributed by atoms with Crippen LogP contribution in [0, 0.1) is 12.3 Å². The summed E-state index contributed by atoms with van der Waals surface area (Å²) in [6, 6.07) is 2.06. The quantitative estimate of drug-likeness (QED) is 0.679. The molecule has 1 unspecified atom stereocenters. The first-order valence-electron chi connectivity index (χ1n) is 6.89. The van der Waals surface area contributed by atoms with Crippen molar-refractivity contribution in [2.75, 3.05) is 0 Å². The van der Waals surface area contributed by atoms with E-state index in [-0.39, 0.29) is 0 Å². The van der Waals surface area contributed by atoms with Gasteiger partial charge in [-0.15, -0.1) is 0 Å². The number of hydrogen-bond donors (Lipinski definition) is 0. The van der Waals surface area contributed by atoms with Crippen molar-refractivity contribution in [2.45, 2.75) is 20.4 Å². The predicted molar refractivity (Wildman–Crippen MR) is 86.6 cm³/mol. The van der Waals surface area contributed by atoms with E-state index >= 15 is 0 Å². The molecule has 0 saturated carbocycles. The molecule has 0 aliphatic carbocycles. The molecule has 6 heteroatoms. The molecule has 0 spiro atoms. The van der Waals surface area contributed by atoms with Crippen LogP contribution in [0.5, 0.6) is 0 Å². The molecule has 3 heterocycles. The molecule has 0 saturated heterocycles. The second-order valence-electron chi connectivity index (χ2n) is 5.27. The van der Waals surface area contributed by atoms with E-state index in [4.69, 9.17) is 5.10 Å². The average molecular weight is 347 g/mol. The number of fused-ring (bicyclic) bond motifs is 1. The molecule has 1 atom stereocenters. The minimum absolute atomic E-state index is 0.445. The molecule has 3 aromatic rings. The Hall–Kier alpha value is -1.69. The van der Waals surface area contributed by atoms with Gasteiger partial charge in [-0.25, -0.2) is 9.67 Å². The molecule has 0 fully saturated rings. The van der Waals surface area contributed by atoms with E-state index in [1.807, 2.05) is 30.3 Å². The molecule has 5 nitrogen and oxygen atoms in total. The summed E-state index contributed by atoms with van der Waals surface area (Å²) in [5.74, 6) is 0.445. The first-order valence-corrected chi connectivity index (χ1v) is 7.68. The second kappa shape index (κ2) is 5.60. The summed E-state index contributed by atoms with van der Waals surface area (Å²) in [5, 5.41) is 10.0. The average Bonchev–Trinajstić information content (AvgIpc) is 3.03. The van der Waals surface area contributed by atoms with Crippen LogP contribution in [0.3, 0.4) is 0 Å². The molecule has 3 aromatic heterocycles. The van der Waals surface area contributed by atoms with Gasteiger partial charge in [0.2, 0.25) is 0 Å². The number of aromatic nitrogens is 5. The standard InChI is InChI=1S/C15H17BrN5/c1-4-10(2)8-21-15-13(5-12(16)7-17-15)14(19-21)11-6-18-20(3)9-11/h4-7,9-10H,8H2,1-3H3/q-1. The van der Waals surface area contributed by atoms with Crippen LogP contribution in [-0.4, -0.2) is 24.5 Å². The minimum atomic E-state index is 0.445. The van der Waals surface area contributed by atoms with Gasteiger partial charge in [-0.2, -0.15) is 23.0 Å². The van der Waals surface area contributed by atoms with Crippen molar-refractivity contribution in [2.24, 2.45) is 13.0 Å². The Labute approximate surface area is 132 Å². The van der Waals surface area contributed by atoms with Gasteiger partial charge in [0.1, 0.15) is 5.69 Å². The molecule has 0 amide bonds. The van der Waals surface area contributed by atoms with Crippen molar-refractivity contribution in [1.82, 2.24) is 24.5 Å². The number of halogens is 1. The third-order valence-electron chi connectivity index (χ3n) is 3.56. The van der Waals surface area contributed by atoms with Crippen LogP contribution in [0.1, 0.15) is 13.8 Å². The lowest BCUT2D eigenvalue weighted by atomic mass is 10.1. The highest BCUT2D eigenvalue weighted by Gasteiger charge is 2.15. The fraction of sp³-hybridized carbons (Fsp3) is 0.333. The molecule has 0 bridgehead atoms. The summed E-state index contributed by atoms with van der Waals surface area (Å²) >= 11 is 3.49. The summed E-state index contributed by atoms with van der Waals surface area (Å²) in [7, 11) is 1.91. The SMILES string of the molecule is C[CH-]C(C)Cn1nc(-c2cnn(C)c2)c2cc(Br)cnc21. The van der Waals surface area contributed by atoms with Crippen LogP contribution in [0.15, 0.2) is 29.1 Å². The largest absolute Gasteiger partial charge is 0.327 e. The smallest absolute Gasteiger partial charge is 0.158 e. The Morgan fingerprint density at radius 2 is 2.19 bits per heavy atom. The van der Waals surface area contributed by atoms with Crippen molar-refractivity contribution in [3.8, 4) is 11.3 Å². The maximum absolute atomic E-state index is 4.76. The number of hydrogen-bond acceptors (Lipinski definition) is 3. The Bertz CT molecular complexity index is 774. The molecule has 110 valence electrons. The van der Waals surface area contributed by atoms with Crippen LogP contribution < -0.4 is 0 Å². The van der Waals surface area contributed by atoms with Gasteiger partial charge in [0.15, 0.2) is 5.65 Å². The van der Waals surface area contributed by atoms with Crippen molar-refractivity contribution < 1.29 is 0 Å². The molecule has 0 radical (unpaired) electrons. The second-order valence-corrected chi connectivity index (χ2v) is 6.18. The van der Waals surface area contributed by atoms with Gasteiger partial charge in [-0.3, -0.25) is 4.68 Å². The lowest BCUT2D eigenvalue weighted by Crippen LogP contribution is -2.09. The lowest BCUT2D eigenvalue weighted by molar-refractivity contribution is 0.508. The van der Waals surface area contributed by atoms with E-state index < -0.39 is 0 Å². The molecular weight excluding hydrogens is 330 g/mol. The molecule has 0 aliphatic heterocycles. The highest BCUT2D eigenvalue weighted by atomic mass is 79.9. The Kier molecular flexibility index (Phi) is 3.80. The minimum Gasteiger partial charge on any atom is -0.327 e. The summed E-state index contributed by atoms with van der Waals surface area (Å²) < 4.78 is 4.72. The van der Waals surface area contributed by atoms with E-state index in [0.717, 1.165) is 33.3 Å². The van der Waals surface area contributed by atoms with E-state index in [1.54, 1.807) is 4.68 Å². The van der Waals surface area contributed by atoms with E-state index in [1.165, 1.54) is 0 Å². The van der Waals surface area contributed by atoms with Gasteiger partial charge in [-0.05, 0) is 22.0 Å². The topological polar surface area (TPSA) is 48.5 Å². The fourth-order valence-electron chi connectivity index (χ4n) is 2.30. The van der Waals surface area contributed by atoms with Crippen molar-refractivity contribution in [3.05, 3.63) is 35.6 Å².